The maximum atomic E-state index is 12.0. The summed E-state index contributed by atoms with van der Waals surface area (Å²) < 4.78 is 1.63. The number of nitrogens with zero attached hydrogens (tertiary/aromatic N) is 1. The van der Waals surface area contributed by atoms with Crippen LogP contribution in [-0.2, 0) is 6.61 Å². The van der Waals surface area contributed by atoms with Gasteiger partial charge in [-0.2, -0.15) is 0 Å². The molecule has 2 aromatic carbocycles. The van der Waals surface area contributed by atoms with Gasteiger partial charge in [0, 0.05) is 18.0 Å². The number of pyridine rings is 1. The minimum absolute atomic E-state index is 0.00612. The minimum Gasteiger partial charge on any atom is -0.392 e. The number of aromatic nitrogens is 1. The van der Waals surface area contributed by atoms with Crippen molar-refractivity contribution < 1.29 is 5.11 Å². The van der Waals surface area contributed by atoms with Crippen LogP contribution in [0, 0.1) is 0 Å². The predicted molar refractivity (Wildman–Crippen MR) is 83.4 cm³/mol. The second kappa shape index (κ2) is 5.77. The van der Waals surface area contributed by atoms with Crippen molar-refractivity contribution in [2.24, 2.45) is 0 Å². The molecule has 3 heteroatoms. The molecule has 3 rings (SSSR count). The van der Waals surface area contributed by atoms with Crippen LogP contribution in [0.5, 0.6) is 0 Å². The molecule has 0 amide bonds. The summed E-state index contributed by atoms with van der Waals surface area (Å²) in [7, 11) is 0. The Kier molecular flexibility index (Phi) is 3.67. The SMILES string of the molecule is O=c1ccc(-c2cccc(CO)c2)cn1-c1ccccc1. The second-order valence-corrected chi connectivity index (χ2v) is 4.82. The molecular formula is C18H15NO2. The van der Waals surface area contributed by atoms with Crippen LogP contribution in [0.25, 0.3) is 16.8 Å². The van der Waals surface area contributed by atoms with E-state index >= 15 is 0 Å². The first kappa shape index (κ1) is 13.3. The summed E-state index contributed by atoms with van der Waals surface area (Å²) in [6.07, 6.45) is 1.83. The van der Waals surface area contributed by atoms with E-state index in [0.29, 0.717) is 0 Å². The number of rotatable bonds is 3. The molecule has 0 saturated carbocycles. The van der Waals surface area contributed by atoms with Crippen LogP contribution in [0.1, 0.15) is 5.56 Å². The van der Waals surface area contributed by atoms with E-state index in [4.69, 9.17) is 0 Å². The lowest BCUT2D eigenvalue weighted by Gasteiger charge is -2.09. The smallest absolute Gasteiger partial charge is 0.255 e. The van der Waals surface area contributed by atoms with E-state index < -0.39 is 0 Å². The van der Waals surface area contributed by atoms with Gasteiger partial charge in [0.15, 0.2) is 0 Å². The number of benzene rings is 2. The Morgan fingerprint density at radius 2 is 1.67 bits per heavy atom. The van der Waals surface area contributed by atoms with Crippen LogP contribution < -0.4 is 5.56 Å². The van der Waals surface area contributed by atoms with Crippen molar-refractivity contribution in [3.8, 4) is 16.8 Å². The van der Waals surface area contributed by atoms with Crippen LogP contribution in [-0.4, -0.2) is 9.67 Å². The van der Waals surface area contributed by atoms with E-state index in [1.54, 1.807) is 16.7 Å². The molecule has 104 valence electrons. The van der Waals surface area contributed by atoms with Gasteiger partial charge in [-0.05, 0) is 41.0 Å². The summed E-state index contributed by atoms with van der Waals surface area (Å²) in [5.41, 5.74) is 3.54. The number of aliphatic hydroxyl groups excluding tert-OH is 1. The normalized spacial score (nSPS) is 10.5. The number of aliphatic hydroxyl groups is 1. The van der Waals surface area contributed by atoms with Crippen LogP contribution >= 0.6 is 0 Å². The summed E-state index contributed by atoms with van der Waals surface area (Å²) in [5, 5.41) is 9.23. The van der Waals surface area contributed by atoms with Gasteiger partial charge >= 0.3 is 0 Å². The summed E-state index contributed by atoms with van der Waals surface area (Å²) in [6, 6.07) is 20.6. The Balaban J connectivity index is 2.11. The molecule has 3 nitrogen and oxygen atoms in total. The Labute approximate surface area is 122 Å². The molecule has 0 fully saturated rings. The van der Waals surface area contributed by atoms with Gasteiger partial charge in [0.1, 0.15) is 0 Å². The first-order chi connectivity index (χ1) is 10.3. The van der Waals surface area contributed by atoms with Crippen LogP contribution in [0.2, 0.25) is 0 Å². The highest BCUT2D eigenvalue weighted by atomic mass is 16.3. The fourth-order valence-electron chi connectivity index (χ4n) is 2.30. The average Bonchev–Trinajstić information content (AvgIpc) is 2.56. The quantitative estimate of drug-likeness (QED) is 0.799. The van der Waals surface area contributed by atoms with Gasteiger partial charge in [0.05, 0.1) is 6.61 Å². The lowest BCUT2D eigenvalue weighted by Crippen LogP contribution is -2.16. The maximum Gasteiger partial charge on any atom is 0.255 e. The molecule has 3 aromatic rings. The Hall–Kier alpha value is -2.65. The highest BCUT2D eigenvalue weighted by molar-refractivity contribution is 5.63. The van der Waals surface area contributed by atoms with Crippen LogP contribution in [0.4, 0.5) is 0 Å². The van der Waals surface area contributed by atoms with Crippen molar-refractivity contribution in [2.45, 2.75) is 6.61 Å². The molecular weight excluding hydrogens is 262 g/mol. The maximum absolute atomic E-state index is 12.0. The summed E-state index contributed by atoms with van der Waals surface area (Å²) >= 11 is 0. The van der Waals surface area contributed by atoms with Gasteiger partial charge in [-0.3, -0.25) is 9.36 Å². The molecule has 0 aliphatic heterocycles. The zero-order valence-electron chi connectivity index (χ0n) is 11.4. The highest BCUT2D eigenvalue weighted by Gasteiger charge is 2.04. The van der Waals surface area contributed by atoms with Gasteiger partial charge in [0.25, 0.3) is 5.56 Å². The van der Waals surface area contributed by atoms with Crippen molar-refractivity contribution in [1.82, 2.24) is 4.57 Å². The molecule has 0 spiro atoms. The minimum atomic E-state index is -0.0664. The van der Waals surface area contributed by atoms with Crippen molar-refractivity contribution in [1.29, 1.82) is 0 Å². The summed E-state index contributed by atoms with van der Waals surface area (Å²) in [5.74, 6) is 0. The van der Waals surface area contributed by atoms with Gasteiger partial charge in [-0.25, -0.2) is 0 Å². The zero-order valence-corrected chi connectivity index (χ0v) is 11.4. The van der Waals surface area contributed by atoms with E-state index in [9.17, 15) is 9.90 Å². The number of para-hydroxylation sites is 1. The van der Waals surface area contributed by atoms with E-state index in [1.807, 2.05) is 60.8 Å². The summed E-state index contributed by atoms with van der Waals surface area (Å²) in [6.45, 7) is 0.00612. The number of hydrogen-bond acceptors (Lipinski definition) is 2. The van der Waals surface area contributed by atoms with E-state index in [1.165, 1.54) is 0 Å². The fourth-order valence-corrected chi connectivity index (χ4v) is 2.30. The standard InChI is InChI=1S/C18H15NO2/c20-13-14-5-4-6-15(11-14)16-9-10-18(21)19(12-16)17-7-2-1-3-8-17/h1-12,20H,13H2. The van der Waals surface area contributed by atoms with Crippen molar-refractivity contribution in [3.63, 3.8) is 0 Å². The third-order valence-electron chi connectivity index (χ3n) is 3.39. The molecule has 0 saturated heterocycles. The van der Waals surface area contributed by atoms with Gasteiger partial charge < -0.3 is 5.11 Å². The van der Waals surface area contributed by atoms with Crippen molar-refractivity contribution in [2.75, 3.05) is 0 Å². The van der Waals surface area contributed by atoms with Crippen molar-refractivity contribution in [3.05, 3.63) is 88.8 Å². The predicted octanol–water partition coefficient (Wildman–Crippen LogP) is 3.00. The van der Waals surface area contributed by atoms with Crippen molar-refractivity contribution >= 4 is 0 Å². The average molecular weight is 277 g/mol. The van der Waals surface area contributed by atoms with E-state index in [0.717, 1.165) is 22.4 Å². The first-order valence-electron chi connectivity index (χ1n) is 6.76. The molecule has 21 heavy (non-hydrogen) atoms. The second-order valence-electron chi connectivity index (χ2n) is 4.82. The third-order valence-corrected chi connectivity index (χ3v) is 3.39. The van der Waals surface area contributed by atoms with Gasteiger partial charge in [0.2, 0.25) is 0 Å². The molecule has 0 unspecified atom stereocenters. The molecule has 1 aromatic heterocycles. The molecule has 0 bridgehead atoms. The monoisotopic (exact) mass is 277 g/mol. The molecule has 1 N–H and O–H groups in total. The summed E-state index contributed by atoms with van der Waals surface area (Å²) in [4.78, 5) is 12.0. The topological polar surface area (TPSA) is 42.2 Å². The van der Waals surface area contributed by atoms with E-state index in [-0.39, 0.29) is 12.2 Å². The molecule has 0 aliphatic rings. The Morgan fingerprint density at radius 1 is 0.857 bits per heavy atom. The molecule has 0 radical (unpaired) electrons. The lowest BCUT2D eigenvalue weighted by molar-refractivity contribution is 0.282. The fraction of sp³-hybridized carbons (Fsp3) is 0.0556. The highest BCUT2D eigenvalue weighted by Crippen LogP contribution is 2.20. The third kappa shape index (κ3) is 2.78. The van der Waals surface area contributed by atoms with E-state index in [2.05, 4.69) is 0 Å². The van der Waals surface area contributed by atoms with Crippen LogP contribution in [0.3, 0.4) is 0 Å². The molecule has 0 atom stereocenters. The zero-order chi connectivity index (χ0) is 14.7. The first-order valence-corrected chi connectivity index (χ1v) is 6.76. The molecule has 0 aliphatic carbocycles. The molecule has 1 heterocycles. The largest absolute Gasteiger partial charge is 0.392 e. The van der Waals surface area contributed by atoms with Gasteiger partial charge in [-0.1, -0.05) is 36.4 Å². The Bertz CT molecular complexity index is 807. The number of hydrogen-bond donors (Lipinski definition) is 1. The van der Waals surface area contributed by atoms with Gasteiger partial charge in [-0.15, -0.1) is 0 Å². The lowest BCUT2D eigenvalue weighted by atomic mass is 10.0. The Morgan fingerprint density at radius 3 is 2.43 bits per heavy atom. The van der Waals surface area contributed by atoms with Crippen LogP contribution in [0.15, 0.2) is 77.7 Å².